The molecule has 2 aromatic rings. The number of anilines is 1. The molecule has 2 aromatic carbocycles. The summed E-state index contributed by atoms with van der Waals surface area (Å²) in [5.41, 5.74) is 2.61. The van der Waals surface area contributed by atoms with Crippen LogP contribution >= 0.6 is 27.5 Å². The van der Waals surface area contributed by atoms with Crippen LogP contribution in [-0.4, -0.2) is 25.6 Å². The predicted octanol–water partition coefficient (Wildman–Crippen LogP) is 4.52. The maximum Gasteiger partial charge on any atom is 0.339 e. The van der Waals surface area contributed by atoms with Crippen LogP contribution in [0, 0.1) is 13.8 Å². The largest absolute Gasteiger partial charge is 0.497 e. The highest BCUT2D eigenvalue weighted by molar-refractivity contribution is 9.10. The highest BCUT2D eigenvalue weighted by Gasteiger charge is 2.16. The Bertz CT molecular complexity index is 800. The Morgan fingerprint density at radius 2 is 1.92 bits per heavy atom. The van der Waals surface area contributed by atoms with Gasteiger partial charge in [0.15, 0.2) is 6.61 Å². The first-order valence-corrected chi connectivity index (χ1v) is 8.56. The summed E-state index contributed by atoms with van der Waals surface area (Å²) in [7, 11) is 1.50. The number of nitrogens with one attached hydrogen (secondary N) is 1. The first kappa shape index (κ1) is 19.3. The van der Waals surface area contributed by atoms with Crippen LogP contribution in [0.5, 0.6) is 5.75 Å². The lowest BCUT2D eigenvalue weighted by Gasteiger charge is -2.12. The van der Waals surface area contributed by atoms with Crippen LogP contribution in [0.25, 0.3) is 0 Å². The van der Waals surface area contributed by atoms with Gasteiger partial charge in [0, 0.05) is 4.47 Å². The molecule has 1 N–H and O–H groups in total. The molecule has 0 aromatic heterocycles. The van der Waals surface area contributed by atoms with Gasteiger partial charge in [-0.25, -0.2) is 4.79 Å². The van der Waals surface area contributed by atoms with Crippen molar-refractivity contribution in [3.8, 4) is 5.75 Å². The summed E-state index contributed by atoms with van der Waals surface area (Å²) in [5, 5.41) is 3.10. The van der Waals surface area contributed by atoms with Gasteiger partial charge in [-0.15, -0.1) is 0 Å². The molecule has 0 radical (unpaired) electrons. The highest BCUT2D eigenvalue weighted by Crippen LogP contribution is 2.27. The molecule has 0 bridgehead atoms. The first-order chi connectivity index (χ1) is 11.8. The van der Waals surface area contributed by atoms with Crippen LogP contribution in [0.1, 0.15) is 21.5 Å². The normalized spacial score (nSPS) is 10.3. The van der Waals surface area contributed by atoms with E-state index in [1.807, 2.05) is 19.9 Å². The van der Waals surface area contributed by atoms with E-state index in [1.165, 1.54) is 13.2 Å². The van der Waals surface area contributed by atoms with Crippen LogP contribution in [0.2, 0.25) is 5.02 Å². The predicted molar refractivity (Wildman–Crippen MR) is 101 cm³/mol. The van der Waals surface area contributed by atoms with Gasteiger partial charge in [0.25, 0.3) is 5.91 Å². The summed E-state index contributed by atoms with van der Waals surface area (Å²) in [6.07, 6.45) is 0. The number of rotatable bonds is 5. The van der Waals surface area contributed by atoms with Crippen molar-refractivity contribution < 1.29 is 19.1 Å². The average molecular weight is 427 g/mol. The van der Waals surface area contributed by atoms with Crippen molar-refractivity contribution in [3.05, 3.63) is 56.5 Å². The van der Waals surface area contributed by atoms with Gasteiger partial charge in [0.2, 0.25) is 0 Å². The fourth-order valence-corrected chi connectivity index (χ4v) is 3.02. The minimum atomic E-state index is -0.632. The molecule has 132 valence electrons. The molecule has 0 fully saturated rings. The molecule has 7 heteroatoms. The lowest BCUT2D eigenvalue weighted by Crippen LogP contribution is -2.21. The van der Waals surface area contributed by atoms with E-state index in [2.05, 4.69) is 21.2 Å². The molecule has 0 saturated heterocycles. The molecule has 2 rings (SSSR count). The molecule has 0 saturated carbocycles. The maximum absolute atomic E-state index is 12.2. The lowest BCUT2D eigenvalue weighted by atomic mass is 10.1. The number of hydrogen-bond donors (Lipinski definition) is 1. The number of carbonyl (C=O) groups is 2. The standard InChI is InChI=1S/C18H17BrClNO4/c1-10-6-11(2)17(15(20)7-10)21-16(22)9-25-18(23)13-8-12(24-3)4-5-14(13)19/h4-8H,9H2,1-3H3,(H,21,22). The van der Waals surface area contributed by atoms with E-state index in [-0.39, 0.29) is 5.56 Å². The summed E-state index contributed by atoms with van der Waals surface area (Å²) in [6.45, 7) is 3.33. The minimum Gasteiger partial charge on any atom is -0.497 e. The molecule has 0 aliphatic rings. The summed E-state index contributed by atoms with van der Waals surface area (Å²) in [6, 6.07) is 8.57. The maximum atomic E-state index is 12.2. The number of carbonyl (C=O) groups excluding carboxylic acids is 2. The molecular formula is C18H17BrClNO4. The van der Waals surface area contributed by atoms with Gasteiger partial charge in [-0.3, -0.25) is 4.79 Å². The molecule has 0 aliphatic heterocycles. The number of amides is 1. The summed E-state index contributed by atoms with van der Waals surface area (Å²) in [4.78, 5) is 24.2. The number of halogens is 2. The Balaban J connectivity index is 2.02. The second kappa shape index (κ2) is 8.36. The molecule has 0 spiro atoms. The van der Waals surface area contributed by atoms with Crippen LogP contribution in [0.15, 0.2) is 34.8 Å². The molecule has 25 heavy (non-hydrogen) atoms. The van der Waals surface area contributed by atoms with Crippen molar-refractivity contribution in [3.63, 3.8) is 0 Å². The van der Waals surface area contributed by atoms with Crippen LogP contribution < -0.4 is 10.1 Å². The zero-order valence-corrected chi connectivity index (χ0v) is 16.3. The Morgan fingerprint density at radius 1 is 1.20 bits per heavy atom. The van der Waals surface area contributed by atoms with Crippen LogP contribution in [-0.2, 0) is 9.53 Å². The molecule has 0 heterocycles. The zero-order valence-electron chi connectivity index (χ0n) is 14.0. The smallest absolute Gasteiger partial charge is 0.339 e. The van der Waals surface area contributed by atoms with Gasteiger partial charge < -0.3 is 14.8 Å². The van der Waals surface area contributed by atoms with E-state index in [0.717, 1.165) is 11.1 Å². The summed E-state index contributed by atoms with van der Waals surface area (Å²) in [5.74, 6) is -0.587. The summed E-state index contributed by atoms with van der Waals surface area (Å²) < 4.78 is 10.7. The van der Waals surface area contributed by atoms with Gasteiger partial charge in [-0.05, 0) is 65.2 Å². The Labute approximate surface area is 159 Å². The third-order valence-corrected chi connectivity index (χ3v) is 4.41. The van der Waals surface area contributed by atoms with Crippen LogP contribution in [0.4, 0.5) is 5.69 Å². The van der Waals surface area contributed by atoms with Crippen LogP contribution in [0.3, 0.4) is 0 Å². The average Bonchev–Trinajstić information content (AvgIpc) is 2.56. The number of methoxy groups -OCH3 is 1. The number of esters is 1. The van der Waals surface area contributed by atoms with Crippen molar-refractivity contribution in [2.75, 3.05) is 19.0 Å². The Kier molecular flexibility index (Phi) is 6.45. The number of benzene rings is 2. The van der Waals surface area contributed by atoms with E-state index in [4.69, 9.17) is 21.1 Å². The van der Waals surface area contributed by atoms with E-state index < -0.39 is 18.5 Å². The third-order valence-electron chi connectivity index (χ3n) is 3.42. The fraction of sp³-hybridized carbons (Fsp3) is 0.222. The molecular weight excluding hydrogens is 410 g/mol. The minimum absolute atomic E-state index is 0.275. The monoisotopic (exact) mass is 425 g/mol. The van der Waals surface area contributed by atoms with Crippen molar-refractivity contribution in [1.82, 2.24) is 0 Å². The molecule has 5 nitrogen and oxygen atoms in total. The molecule has 0 aliphatic carbocycles. The molecule has 0 unspecified atom stereocenters. The second-order valence-electron chi connectivity index (χ2n) is 5.41. The molecule has 0 atom stereocenters. The van der Waals surface area contributed by atoms with Gasteiger partial charge in [0.1, 0.15) is 5.75 Å². The Morgan fingerprint density at radius 3 is 2.56 bits per heavy atom. The van der Waals surface area contributed by atoms with E-state index in [0.29, 0.717) is 20.9 Å². The van der Waals surface area contributed by atoms with Gasteiger partial charge in [-0.2, -0.15) is 0 Å². The van der Waals surface area contributed by atoms with E-state index in [1.54, 1.807) is 18.2 Å². The van der Waals surface area contributed by atoms with Gasteiger partial charge in [0.05, 0.1) is 23.4 Å². The van der Waals surface area contributed by atoms with E-state index in [9.17, 15) is 9.59 Å². The number of aryl methyl sites for hydroxylation is 2. The summed E-state index contributed by atoms with van der Waals surface area (Å²) >= 11 is 9.42. The lowest BCUT2D eigenvalue weighted by molar-refractivity contribution is -0.119. The SMILES string of the molecule is COc1ccc(Br)c(C(=O)OCC(=O)Nc2c(C)cc(C)cc2Cl)c1. The second-order valence-corrected chi connectivity index (χ2v) is 6.67. The Hall–Kier alpha value is -2.05. The van der Waals surface area contributed by atoms with Gasteiger partial charge >= 0.3 is 5.97 Å². The third kappa shape index (κ3) is 4.96. The zero-order chi connectivity index (χ0) is 18.6. The number of ether oxygens (including phenoxy) is 2. The highest BCUT2D eigenvalue weighted by atomic mass is 79.9. The molecule has 1 amide bonds. The van der Waals surface area contributed by atoms with Crippen molar-refractivity contribution in [1.29, 1.82) is 0 Å². The van der Waals surface area contributed by atoms with Gasteiger partial charge in [-0.1, -0.05) is 17.7 Å². The van der Waals surface area contributed by atoms with Crippen molar-refractivity contribution in [2.45, 2.75) is 13.8 Å². The topological polar surface area (TPSA) is 64.6 Å². The fourth-order valence-electron chi connectivity index (χ4n) is 2.25. The quantitative estimate of drug-likeness (QED) is 0.714. The first-order valence-electron chi connectivity index (χ1n) is 7.39. The number of hydrogen-bond acceptors (Lipinski definition) is 4. The van der Waals surface area contributed by atoms with E-state index >= 15 is 0 Å². The van der Waals surface area contributed by atoms with Crippen molar-refractivity contribution >= 4 is 45.1 Å². The van der Waals surface area contributed by atoms with Crippen molar-refractivity contribution in [2.24, 2.45) is 0 Å².